The highest BCUT2D eigenvalue weighted by molar-refractivity contribution is 5.80. The summed E-state index contributed by atoms with van der Waals surface area (Å²) in [5.74, 6) is 0.383. The van der Waals surface area contributed by atoms with E-state index >= 15 is 0 Å². The largest absolute Gasteiger partial charge is 0.275 e. The Morgan fingerprint density at radius 1 is 1.00 bits per heavy atom. The molecule has 2 heterocycles. The molecule has 1 aromatic carbocycles. The molecule has 0 amide bonds. The summed E-state index contributed by atoms with van der Waals surface area (Å²) in [5.41, 5.74) is 2.69. The summed E-state index contributed by atoms with van der Waals surface area (Å²) in [6, 6.07) is 15.2. The molecule has 20 heavy (non-hydrogen) atoms. The van der Waals surface area contributed by atoms with E-state index in [4.69, 9.17) is 0 Å². The fourth-order valence-electron chi connectivity index (χ4n) is 2.32. The van der Waals surface area contributed by atoms with Crippen molar-refractivity contribution in [3.8, 4) is 5.69 Å². The molecule has 0 aliphatic carbocycles. The van der Waals surface area contributed by atoms with Gasteiger partial charge in [-0.05, 0) is 35.6 Å². The number of para-hydroxylation sites is 1. The number of hydrogen-bond acceptors (Lipinski definition) is 2. The number of benzene rings is 1. The quantitative estimate of drug-likeness (QED) is 0.710. The Bertz CT molecular complexity index is 801. The molecule has 0 saturated carbocycles. The first-order valence-corrected chi connectivity index (χ1v) is 6.74. The van der Waals surface area contributed by atoms with Crippen LogP contribution in [-0.2, 0) is 0 Å². The van der Waals surface area contributed by atoms with E-state index in [2.05, 4.69) is 18.8 Å². The molecule has 3 heteroatoms. The number of fused-ring (bicyclic) bond motifs is 1. The van der Waals surface area contributed by atoms with Gasteiger partial charge < -0.3 is 0 Å². The fourth-order valence-corrected chi connectivity index (χ4v) is 2.32. The van der Waals surface area contributed by atoms with E-state index in [1.165, 1.54) is 0 Å². The molecule has 100 valence electrons. The highest BCUT2D eigenvalue weighted by Gasteiger charge is 2.06. The molecule has 3 nitrogen and oxygen atoms in total. The molecule has 0 atom stereocenters. The number of pyridine rings is 2. The van der Waals surface area contributed by atoms with E-state index in [0.717, 1.165) is 22.3 Å². The second kappa shape index (κ2) is 4.93. The van der Waals surface area contributed by atoms with Gasteiger partial charge in [-0.25, -0.2) is 0 Å². The lowest BCUT2D eigenvalue weighted by Crippen LogP contribution is -2.17. The molecular formula is C17H16N2O. The van der Waals surface area contributed by atoms with Gasteiger partial charge in [0, 0.05) is 11.8 Å². The average molecular weight is 264 g/mol. The van der Waals surface area contributed by atoms with Crippen LogP contribution in [0, 0.1) is 0 Å². The molecule has 0 bridgehead atoms. The molecule has 0 aliphatic rings. The zero-order valence-electron chi connectivity index (χ0n) is 11.6. The summed E-state index contributed by atoms with van der Waals surface area (Å²) in [7, 11) is 0. The van der Waals surface area contributed by atoms with E-state index in [0.29, 0.717) is 5.92 Å². The highest BCUT2D eigenvalue weighted by Crippen LogP contribution is 2.17. The molecule has 0 radical (unpaired) electrons. The molecule has 0 N–H and O–H groups in total. The predicted molar refractivity (Wildman–Crippen MR) is 81.4 cm³/mol. The molecule has 0 unspecified atom stereocenters. The smallest absolute Gasteiger partial charge is 0.255 e. The average Bonchev–Trinajstić information content (AvgIpc) is 2.47. The number of rotatable bonds is 2. The van der Waals surface area contributed by atoms with E-state index in [9.17, 15) is 4.79 Å². The third kappa shape index (κ3) is 2.11. The second-order valence-corrected chi connectivity index (χ2v) is 5.16. The van der Waals surface area contributed by atoms with Gasteiger partial charge in [0.1, 0.15) is 0 Å². The first-order valence-electron chi connectivity index (χ1n) is 6.74. The summed E-state index contributed by atoms with van der Waals surface area (Å²) < 4.78 is 1.70. The van der Waals surface area contributed by atoms with Crippen molar-refractivity contribution in [2.75, 3.05) is 0 Å². The van der Waals surface area contributed by atoms with Crippen LogP contribution in [0.1, 0.15) is 25.5 Å². The first-order chi connectivity index (χ1) is 9.66. The zero-order chi connectivity index (χ0) is 14.1. The van der Waals surface area contributed by atoms with Crippen molar-refractivity contribution in [1.29, 1.82) is 0 Å². The van der Waals surface area contributed by atoms with Crippen LogP contribution >= 0.6 is 0 Å². The standard InChI is InChI=1S/C17H16N2O/c1-12(2)15-9-8-14(11-18-15)19-16-6-4-3-5-13(16)7-10-17(19)20/h3-12H,1-2H3. The van der Waals surface area contributed by atoms with Gasteiger partial charge in [-0.2, -0.15) is 0 Å². The van der Waals surface area contributed by atoms with Crippen LogP contribution < -0.4 is 5.56 Å². The number of nitrogens with zero attached hydrogens (tertiary/aromatic N) is 2. The van der Waals surface area contributed by atoms with Crippen molar-refractivity contribution in [2.45, 2.75) is 19.8 Å². The van der Waals surface area contributed by atoms with Gasteiger partial charge in [0.25, 0.3) is 5.56 Å². The van der Waals surface area contributed by atoms with Crippen LogP contribution in [0.25, 0.3) is 16.6 Å². The van der Waals surface area contributed by atoms with Crippen LogP contribution in [0.2, 0.25) is 0 Å². The van der Waals surface area contributed by atoms with Gasteiger partial charge in [-0.1, -0.05) is 32.0 Å². The van der Waals surface area contributed by atoms with Crippen LogP contribution in [0.5, 0.6) is 0 Å². The van der Waals surface area contributed by atoms with Crippen LogP contribution in [0.3, 0.4) is 0 Å². The SMILES string of the molecule is CC(C)c1ccc(-n2c(=O)ccc3ccccc32)cn1. The minimum atomic E-state index is -0.0391. The van der Waals surface area contributed by atoms with E-state index in [1.807, 2.05) is 42.5 Å². The maximum atomic E-state index is 12.2. The fraction of sp³-hybridized carbons (Fsp3) is 0.176. The van der Waals surface area contributed by atoms with Crippen molar-refractivity contribution in [1.82, 2.24) is 9.55 Å². The minimum Gasteiger partial charge on any atom is -0.275 e. The summed E-state index contributed by atoms with van der Waals surface area (Å²) in [4.78, 5) is 16.6. The van der Waals surface area contributed by atoms with E-state index in [1.54, 1.807) is 16.8 Å². The van der Waals surface area contributed by atoms with Crippen molar-refractivity contribution in [3.05, 3.63) is 70.8 Å². The molecular weight excluding hydrogens is 248 g/mol. The lowest BCUT2D eigenvalue weighted by molar-refractivity contribution is 0.819. The Balaban J connectivity index is 2.23. The molecule has 2 aromatic heterocycles. The van der Waals surface area contributed by atoms with Gasteiger partial charge in [0.05, 0.1) is 17.4 Å². The van der Waals surface area contributed by atoms with Gasteiger partial charge in [0.2, 0.25) is 0 Å². The summed E-state index contributed by atoms with van der Waals surface area (Å²) >= 11 is 0. The maximum Gasteiger partial charge on any atom is 0.255 e. The Hall–Kier alpha value is -2.42. The molecule has 0 aliphatic heterocycles. The minimum absolute atomic E-state index is 0.0391. The summed E-state index contributed by atoms with van der Waals surface area (Å²) in [6.07, 6.45) is 1.77. The van der Waals surface area contributed by atoms with Gasteiger partial charge in [0.15, 0.2) is 0 Å². The lowest BCUT2D eigenvalue weighted by atomic mass is 10.1. The maximum absolute atomic E-state index is 12.2. The number of aromatic nitrogens is 2. The Kier molecular flexibility index (Phi) is 3.11. The van der Waals surface area contributed by atoms with Crippen molar-refractivity contribution in [3.63, 3.8) is 0 Å². The van der Waals surface area contributed by atoms with Crippen molar-refractivity contribution in [2.24, 2.45) is 0 Å². The number of hydrogen-bond donors (Lipinski definition) is 0. The molecule has 3 rings (SSSR count). The van der Waals surface area contributed by atoms with Crippen LogP contribution in [-0.4, -0.2) is 9.55 Å². The summed E-state index contributed by atoms with van der Waals surface area (Å²) in [5, 5.41) is 1.04. The van der Waals surface area contributed by atoms with Crippen molar-refractivity contribution >= 4 is 10.9 Å². The molecule has 0 saturated heterocycles. The first kappa shape index (κ1) is 12.6. The topological polar surface area (TPSA) is 34.9 Å². The van der Waals surface area contributed by atoms with Crippen molar-refractivity contribution < 1.29 is 0 Å². The third-order valence-corrected chi connectivity index (χ3v) is 3.42. The Morgan fingerprint density at radius 3 is 2.50 bits per heavy atom. The van der Waals surface area contributed by atoms with Gasteiger partial charge >= 0.3 is 0 Å². The highest BCUT2D eigenvalue weighted by atomic mass is 16.1. The molecule has 0 spiro atoms. The molecule has 0 fully saturated rings. The predicted octanol–water partition coefficient (Wildman–Crippen LogP) is 3.51. The van der Waals surface area contributed by atoms with Crippen LogP contribution in [0.15, 0.2) is 59.5 Å². The zero-order valence-corrected chi connectivity index (χ0v) is 11.6. The van der Waals surface area contributed by atoms with E-state index in [-0.39, 0.29) is 5.56 Å². The van der Waals surface area contributed by atoms with E-state index < -0.39 is 0 Å². The van der Waals surface area contributed by atoms with Gasteiger partial charge in [-0.3, -0.25) is 14.3 Å². The van der Waals surface area contributed by atoms with Crippen LogP contribution in [0.4, 0.5) is 0 Å². The second-order valence-electron chi connectivity index (χ2n) is 5.16. The van der Waals surface area contributed by atoms with Gasteiger partial charge in [-0.15, -0.1) is 0 Å². The Labute approximate surface area is 117 Å². The monoisotopic (exact) mass is 264 g/mol. The third-order valence-electron chi connectivity index (χ3n) is 3.42. The Morgan fingerprint density at radius 2 is 1.80 bits per heavy atom. The molecule has 3 aromatic rings. The summed E-state index contributed by atoms with van der Waals surface area (Å²) in [6.45, 7) is 4.21. The normalized spacial score (nSPS) is 11.2. The lowest BCUT2D eigenvalue weighted by Gasteiger charge is -2.11.